The topological polar surface area (TPSA) is 55.8 Å². The first-order valence-corrected chi connectivity index (χ1v) is 8.30. The zero-order valence-corrected chi connectivity index (χ0v) is 14.5. The highest BCUT2D eigenvalue weighted by Gasteiger charge is 2.23. The van der Waals surface area contributed by atoms with Crippen molar-refractivity contribution in [3.63, 3.8) is 0 Å². The van der Waals surface area contributed by atoms with Gasteiger partial charge in [0.1, 0.15) is 0 Å². The first-order valence-electron chi connectivity index (χ1n) is 8.30. The fourth-order valence-corrected chi connectivity index (χ4v) is 3.03. The lowest BCUT2D eigenvalue weighted by Crippen LogP contribution is -2.38. The molecule has 1 aliphatic rings. The van der Waals surface area contributed by atoms with Crippen molar-refractivity contribution in [2.45, 2.75) is 19.8 Å². The van der Waals surface area contributed by atoms with Gasteiger partial charge in [-0.1, -0.05) is 12.1 Å². The van der Waals surface area contributed by atoms with E-state index in [9.17, 15) is 9.59 Å². The Bertz CT molecular complexity index is 800. The van der Waals surface area contributed by atoms with Crippen molar-refractivity contribution >= 4 is 17.4 Å². The Labute approximate surface area is 147 Å². The molecule has 0 aromatic heterocycles. The number of anilines is 1. The molecule has 0 spiro atoms. The Hall–Kier alpha value is -2.82. The summed E-state index contributed by atoms with van der Waals surface area (Å²) in [7, 11) is 1.57. The first-order chi connectivity index (χ1) is 12.1. The molecule has 0 N–H and O–H groups in total. The Kier molecular flexibility index (Phi) is 5.03. The molecule has 130 valence electrons. The fourth-order valence-electron chi connectivity index (χ4n) is 3.03. The quantitative estimate of drug-likeness (QED) is 0.785. The molecule has 0 bridgehead atoms. The number of benzene rings is 2. The summed E-state index contributed by atoms with van der Waals surface area (Å²) in [5.74, 6) is 1.07. The van der Waals surface area contributed by atoms with Crippen LogP contribution in [0.4, 0.5) is 5.69 Å². The summed E-state index contributed by atoms with van der Waals surface area (Å²) in [6, 6.07) is 12.8. The maximum absolute atomic E-state index is 12.6. The van der Waals surface area contributed by atoms with Gasteiger partial charge < -0.3 is 14.4 Å². The van der Waals surface area contributed by atoms with Crippen molar-refractivity contribution in [2.75, 3.05) is 25.2 Å². The molecule has 0 saturated carbocycles. The number of Topliss-reactive ketones (excluding diaryl/α,β-unsaturated/α-hetero) is 1. The van der Waals surface area contributed by atoms with Crippen molar-refractivity contribution in [3.8, 4) is 11.5 Å². The van der Waals surface area contributed by atoms with Gasteiger partial charge in [0.2, 0.25) is 0 Å². The van der Waals surface area contributed by atoms with Gasteiger partial charge in [0.15, 0.2) is 23.9 Å². The van der Waals surface area contributed by atoms with Crippen LogP contribution in [0.5, 0.6) is 11.5 Å². The number of amides is 1. The van der Waals surface area contributed by atoms with Gasteiger partial charge in [0.25, 0.3) is 5.91 Å². The van der Waals surface area contributed by atoms with Crippen LogP contribution in [0.1, 0.15) is 29.3 Å². The number of rotatable bonds is 5. The van der Waals surface area contributed by atoms with Crippen LogP contribution in [0, 0.1) is 0 Å². The van der Waals surface area contributed by atoms with Crippen molar-refractivity contribution in [2.24, 2.45) is 0 Å². The predicted octanol–water partition coefficient (Wildman–Crippen LogP) is 3.26. The molecule has 0 fully saturated rings. The van der Waals surface area contributed by atoms with E-state index in [-0.39, 0.29) is 18.3 Å². The Morgan fingerprint density at radius 3 is 2.60 bits per heavy atom. The molecule has 0 radical (unpaired) electrons. The molecule has 2 aromatic carbocycles. The van der Waals surface area contributed by atoms with Gasteiger partial charge >= 0.3 is 0 Å². The second-order valence-electron chi connectivity index (χ2n) is 5.99. The zero-order chi connectivity index (χ0) is 17.8. The highest BCUT2D eigenvalue weighted by atomic mass is 16.5. The van der Waals surface area contributed by atoms with E-state index in [4.69, 9.17) is 9.47 Å². The van der Waals surface area contributed by atoms with Gasteiger partial charge in [-0.15, -0.1) is 0 Å². The lowest BCUT2D eigenvalue weighted by molar-refractivity contribution is -0.120. The summed E-state index contributed by atoms with van der Waals surface area (Å²) >= 11 is 0. The minimum Gasteiger partial charge on any atom is -0.493 e. The largest absolute Gasteiger partial charge is 0.493 e. The van der Waals surface area contributed by atoms with Gasteiger partial charge in [-0.25, -0.2) is 0 Å². The van der Waals surface area contributed by atoms with Crippen molar-refractivity contribution in [1.82, 2.24) is 0 Å². The van der Waals surface area contributed by atoms with Gasteiger partial charge in [0.05, 0.1) is 7.11 Å². The molecule has 2 aromatic rings. The van der Waals surface area contributed by atoms with Crippen LogP contribution >= 0.6 is 0 Å². The van der Waals surface area contributed by atoms with Gasteiger partial charge in [-0.2, -0.15) is 0 Å². The standard InChI is InChI=1S/C20H21NO4/c1-14(22)15-9-10-17-16(12-15)6-5-11-21(17)20(23)13-25-19-8-4-3-7-18(19)24-2/h3-4,7-10,12H,5-6,11,13H2,1-2H3. The van der Waals surface area contributed by atoms with E-state index in [1.165, 1.54) is 0 Å². The minimum atomic E-state index is -0.109. The SMILES string of the molecule is COc1ccccc1OCC(=O)N1CCCc2cc(C(C)=O)ccc21. The number of ketones is 1. The maximum atomic E-state index is 12.6. The van der Waals surface area contributed by atoms with Crippen LogP contribution < -0.4 is 14.4 Å². The molecule has 0 atom stereocenters. The lowest BCUT2D eigenvalue weighted by atomic mass is 9.98. The number of para-hydroxylation sites is 2. The van der Waals surface area contributed by atoms with Crippen LogP contribution in [0.25, 0.3) is 0 Å². The molecule has 3 rings (SSSR count). The maximum Gasteiger partial charge on any atom is 0.264 e. The van der Waals surface area contributed by atoms with E-state index < -0.39 is 0 Å². The van der Waals surface area contributed by atoms with Crippen LogP contribution in [-0.2, 0) is 11.2 Å². The third-order valence-electron chi connectivity index (χ3n) is 4.33. The number of carbonyl (C=O) groups is 2. The van der Waals surface area contributed by atoms with Crippen molar-refractivity contribution < 1.29 is 19.1 Å². The summed E-state index contributed by atoms with van der Waals surface area (Å²) in [6.45, 7) is 2.14. The number of hydrogen-bond donors (Lipinski definition) is 0. The number of aryl methyl sites for hydroxylation is 1. The highest BCUT2D eigenvalue weighted by molar-refractivity contribution is 5.98. The van der Waals surface area contributed by atoms with Crippen molar-refractivity contribution in [3.05, 3.63) is 53.6 Å². The molecule has 0 saturated heterocycles. The smallest absolute Gasteiger partial charge is 0.264 e. The summed E-state index contributed by atoms with van der Waals surface area (Å²) in [4.78, 5) is 25.9. The molecular weight excluding hydrogens is 318 g/mol. The van der Waals surface area contributed by atoms with E-state index in [1.54, 1.807) is 37.1 Å². The van der Waals surface area contributed by atoms with Crippen LogP contribution in [0.3, 0.4) is 0 Å². The molecule has 1 heterocycles. The van der Waals surface area contributed by atoms with Crippen molar-refractivity contribution in [1.29, 1.82) is 0 Å². The Morgan fingerprint density at radius 2 is 1.88 bits per heavy atom. The molecule has 1 aliphatic heterocycles. The third kappa shape index (κ3) is 3.65. The highest BCUT2D eigenvalue weighted by Crippen LogP contribution is 2.29. The lowest BCUT2D eigenvalue weighted by Gasteiger charge is -2.29. The number of methoxy groups -OCH3 is 1. The van der Waals surface area contributed by atoms with E-state index >= 15 is 0 Å². The zero-order valence-electron chi connectivity index (χ0n) is 14.5. The molecule has 5 nitrogen and oxygen atoms in total. The summed E-state index contributed by atoms with van der Waals surface area (Å²) < 4.78 is 10.9. The third-order valence-corrected chi connectivity index (χ3v) is 4.33. The number of nitrogens with zero attached hydrogens (tertiary/aromatic N) is 1. The Morgan fingerprint density at radius 1 is 1.12 bits per heavy atom. The van der Waals surface area contributed by atoms with E-state index in [1.807, 2.05) is 24.3 Å². The summed E-state index contributed by atoms with van der Waals surface area (Å²) in [5.41, 5.74) is 2.58. The molecular formula is C20H21NO4. The molecule has 25 heavy (non-hydrogen) atoms. The number of fused-ring (bicyclic) bond motifs is 1. The van der Waals surface area contributed by atoms with E-state index in [0.29, 0.717) is 23.6 Å². The number of carbonyl (C=O) groups excluding carboxylic acids is 2. The molecule has 0 aliphatic carbocycles. The second-order valence-corrected chi connectivity index (χ2v) is 5.99. The molecule has 5 heteroatoms. The van der Waals surface area contributed by atoms with E-state index in [0.717, 1.165) is 24.1 Å². The minimum absolute atomic E-state index is 0.0331. The van der Waals surface area contributed by atoms with Crippen LogP contribution in [0.2, 0.25) is 0 Å². The van der Waals surface area contributed by atoms with Gasteiger partial charge in [-0.05, 0) is 55.7 Å². The van der Waals surface area contributed by atoms with E-state index in [2.05, 4.69) is 0 Å². The fraction of sp³-hybridized carbons (Fsp3) is 0.300. The average molecular weight is 339 g/mol. The second kappa shape index (κ2) is 7.38. The Balaban J connectivity index is 1.75. The molecule has 1 amide bonds. The summed E-state index contributed by atoms with van der Waals surface area (Å²) in [6.07, 6.45) is 1.74. The average Bonchev–Trinajstić information content (AvgIpc) is 2.65. The first kappa shape index (κ1) is 17.0. The van der Waals surface area contributed by atoms with Gasteiger partial charge in [-0.3, -0.25) is 9.59 Å². The number of ether oxygens (including phenoxy) is 2. The predicted molar refractivity (Wildman–Crippen MR) is 95.6 cm³/mol. The summed E-state index contributed by atoms with van der Waals surface area (Å²) in [5, 5.41) is 0. The molecule has 0 unspecified atom stereocenters. The monoisotopic (exact) mass is 339 g/mol. The van der Waals surface area contributed by atoms with Gasteiger partial charge in [0, 0.05) is 17.8 Å². The van der Waals surface area contributed by atoms with Crippen LogP contribution in [-0.4, -0.2) is 32.0 Å². The van der Waals surface area contributed by atoms with Crippen LogP contribution in [0.15, 0.2) is 42.5 Å². The normalized spacial score (nSPS) is 13.1. The number of hydrogen-bond acceptors (Lipinski definition) is 4.